The highest BCUT2D eigenvalue weighted by Gasteiger charge is 2.19. The molecule has 1 aliphatic heterocycles. The van der Waals surface area contributed by atoms with Gasteiger partial charge in [0, 0.05) is 13.1 Å². The highest BCUT2D eigenvalue weighted by Crippen LogP contribution is 2.11. The Morgan fingerprint density at radius 2 is 2.59 bits per heavy atom. The first-order chi connectivity index (χ1) is 8.42. The molecule has 2 aromatic heterocycles. The maximum absolute atomic E-state index is 5.72. The lowest BCUT2D eigenvalue weighted by Gasteiger charge is -2.23. The molecule has 0 aliphatic carbocycles. The quantitative estimate of drug-likeness (QED) is 0.880. The summed E-state index contributed by atoms with van der Waals surface area (Å²) in [6.45, 7) is 3.13. The van der Waals surface area contributed by atoms with Crippen molar-refractivity contribution in [2.45, 2.75) is 25.8 Å². The molecular formula is C11H14N4OS. The summed E-state index contributed by atoms with van der Waals surface area (Å²) in [5, 5.41) is 15.5. The largest absolute Gasteiger partial charge is 0.369 e. The van der Waals surface area contributed by atoms with Crippen LogP contribution in [0.25, 0.3) is 0 Å². The summed E-state index contributed by atoms with van der Waals surface area (Å²) in [7, 11) is 0. The molecule has 3 heterocycles. The summed E-state index contributed by atoms with van der Waals surface area (Å²) < 4.78 is 7.64. The number of nitrogens with one attached hydrogen (secondary N) is 1. The van der Waals surface area contributed by atoms with Crippen LogP contribution in [-0.4, -0.2) is 27.6 Å². The van der Waals surface area contributed by atoms with Crippen LogP contribution in [0.2, 0.25) is 0 Å². The molecule has 0 amide bonds. The molecule has 0 unspecified atom stereocenters. The van der Waals surface area contributed by atoms with Crippen molar-refractivity contribution in [1.29, 1.82) is 0 Å². The van der Waals surface area contributed by atoms with E-state index in [2.05, 4.69) is 32.5 Å². The Bertz CT molecular complexity index is 468. The molecule has 5 nitrogen and oxygen atoms in total. The molecular weight excluding hydrogens is 236 g/mol. The highest BCUT2D eigenvalue weighted by atomic mass is 32.1. The zero-order valence-electron chi connectivity index (χ0n) is 9.37. The normalized spacial score (nSPS) is 19.2. The molecule has 2 aromatic rings. The van der Waals surface area contributed by atoms with Crippen LogP contribution in [0.15, 0.2) is 23.0 Å². The maximum Gasteiger partial charge on any atom is 0.0906 e. The van der Waals surface area contributed by atoms with Crippen LogP contribution in [0.1, 0.15) is 11.3 Å². The van der Waals surface area contributed by atoms with Crippen molar-refractivity contribution in [2.24, 2.45) is 0 Å². The summed E-state index contributed by atoms with van der Waals surface area (Å²) in [5.41, 5.74) is 2.38. The van der Waals surface area contributed by atoms with Crippen molar-refractivity contribution in [1.82, 2.24) is 20.3 Å². The van der Waals surface area contributed by atoms with E-state index in [-0.39, 0.29) is 6.10 Å². The standard InChI is InChI=1S/C11H14N4OS/c1-2-17-8-9(1)3-12-5-11-6-15-10(7-16-11)4-13-14-15/h1-2,4,8,11-12H,3,5-7H2/t11-/m0/s1. The predicted octanol–water partition coefficient (Wildman–Crippen LogP) is 1.03. The minimum absolute atomic E-state index is 0.183. The Morgan fingerprint density at radius 3 is 3.47 bits per heavy atom. The van der Waals surface area contributed by atoms with Gasteiger partial charge < -0.3 is 10.1 Å². The van der Waals surface area contributed by atoms with Gasteiger partial charge in [0.15, 0.2) is 0 Å². The third-order valence-electron chi connectivity index (χ3n) is 2.82. The van der Waals surface area contributed by atoms with E-state index in [0.717, 1.165) is 25.3 Å². The van der Waals surface area contributed by atoms with Gasteiger partial charge in [-0.15, -0.1) is 5.10 Å². The second-order valence-electron chi connectivity index (χ2n) is 4.10. The fraction of sp³-hybridized carbons (Fsp3) is 0.455. The third-order valence-corrected chi connectivity index (χ3v) is 3.55. The number of rotatable bonds is 4. The van der Waals surface area contributed by atoms with Crippen molar-refractivity contribution in [3.63, 3.8) is 0 Å². The topological polar surface area (TPSA) is 52.0 Å². The Kier molecular flexibility index (Phi) is 3.17. The molecule has 90 valence electrons. The molecule has 6 heteroatoms. The summed E-state index contributed by atoms with van der Waals surface area (Å²) >= 11 is 1.72. The van der Waals surface area contributed by atoms with Crippen molar-refractivity contribution in [3.8, 4) is 0 Å². The van der Waals surface area contributed by atoms with Gasteiger partial charge >= 0.3 is 0 Å². The Morgan fingerprint density at radius 1 is 1.59 bits per heavy atom. The molecule has 1 N–H and O–H groups in total. The number of ether oxygens (including phenoxy) is 1. The van der Waals surface area contributed by atoms with Crippen LogP contribution in [0.4, 0.5) is 0 Å². The van der Waals surface area contributed by atoms with Gasteiger partial charge in [-0.25, -0.2) is 4.68 Å². The summed E-state index contributed by atoms with van der Waals surface area (Å²) in [5.74, 6) is 0. The average molecular weight is 250 g/mol. The van der Waals surface area contributed by atoms with Gasteiger partial charge in [0.2, 0.25) is 0 Å². The van der Waals surface area contributed by atoms with Crippen molar-refractivity contribution in [3.05, 3.63) is 34.3 Å². The van der Waals surface area contributed by atoms with Gasteiger partial charge in [0.1, 0.15) is 0 Å². The molecule has 0 saturated carbocycles. The average Bonchev–Trinajstić information content (AvgIpc) is 2.98. The molecule has 0 radical (unpaired) electrons. The van der Waals surface area contributed by atoms with Crippen LogP contribution in [0.3, 0.4) is 0 Å². The van der Waals surface area contributed by atoms with Crippen molar-refractivity contribution < 1.29 is 4.74 Å². The fourth-order valence-corrected chi connectivity index (χ4v) is 2.56. The molecule has 0 fully saturated rings. The smallest absolute Gasteiger partial charge is 0.0906 e. The monoisotopic (exact) mass is 250 g/mol. The number of hydrogen-bond donors (Lipinski definition) is 1. The zero-order chi connectivity index (χ0) is 11.5. The molecule has 0 saturated heterocycles. The summed E-state index contributed by atoms with van der Waals surface area (Å²) in [6.07, 6.45) is 1.94. The van der Waals surface area contributed by atoms with E-state index in [1.807, 2.05) is 4.68 Å². The first kappa shape index (κ1) is 10.9. The van der Waals surface area contributed by atoms with Crippen LogP contribution in [-0.2, 0) is 24.4 Å². The molecule has 3 rings (SSSR count). The van der Waals surface area contributed by atoms with Crippen LogP contribution in [0.5, 0.6) is 0 Å². The Labute approximate surface area is 103 Å². The summed E-state index contributed by atoms with van der Waals surface area (Å²) in [4.78, 5) is 0. The van der Waals surface area contributed by atoms with Crippen LogP contribution >= 0.6 is 11.3 Å². The molecule has 0 bridgehead atoms. The number of thiophene rings is 1. The van der Waals surface area contributed by atoms with Crippen molar-refractivity contribution >= 4 is 11.3 Å². The number of fused-ring (bicyclic) bond motifs is 1. The van der Waals surface area contributed by atoms with Gasteiger partial charge in [-0.1, -0.05) is 5.21 Å². The van der Waals surface area contributed by atoms with Gasteiger partial charge in [-0.05, 0) is 22.4 Å². The summed E-state index contributed by atoms with van der Waals surface area (Å²) in [6, 6.07) is 2.13. The SMILES string of the molecule is c1cc(CNC[C@H]2Cn3nncc3CO2)cs1. The van der Waals surface area contributed by atoms with Crippen LogP contribution < -0.4 is 5.32 Å². The van der Waals surface area contributed by atoms with Crippen LogP contribution in [0, 0.1) is 0 Å². The molecule has 1 atom stereocenters. The molecule has 1 aliphatic rings. The van der Waals surface area contributed by atoms with E-state index in [1.54, 1.807) is 17.5 Å². The number of aromatic nitrogens is 3. The Hall–Kier alpha value is -1.24. The lowest BCUT2D eigenvalue weighted by atomic mass is 10.2. The second kappa shape index (κ2) is 4.95. The lowest BCUT2D eigenvalue weighted by Crippen LogP contribution is -2.36. The molecule has 17 heavy (non-hydrogen) atoms. The first-order valence-electron chi connectivity index (χ1n) is 5.62. The minimum atomic E-state index is 0.183. The minimum Gasteiger partial charge on any atom is -0.369 e. The first-order valence-corrected chi connectivity index (χ1v) is 6.57. The predicted molar refractivity (Wildman–Crippen MR) is 64.6 cm³/mol. The van der Waals surface area contributed by atoms with E-state index < -0.39 is 0 Å². The van der Waals surface area contributed by atoms with Gasteiger partial charge in [-0.3, -0.25) is 0 Å². The number of nitrogens with zero attached hydrogens (tertiary/aromatic N) is 3. The van der Waals surface area contributed by atoms with E-state index >= 15 is 0 Å². The zero-order valence-corrected chi connectivity index (χ0v) is 10.2. The fourth-order valence-electron chi connectivity index (χ4n) is 1.89. The van der Waals surface area contributed by atoms with E-state index in [9.17, 15) is 0 Å². The Balaban J connectivity index is 1.48. The number of hydrogen-bond acceptors (Lipinski definition) is 5. The third kappa shape index (κ3) is 2.54. The van der Waals surface area contributed by atoms with Gasteiger partial charge in [0.25, 0.3) is 0 Å². The second-order valence-corrected chi connectivity index (χ2v) is 4.88. The van der Waals surface area contributed by atoms with Crippen molar-refractivity contribution in [2.75, 3.05) is 6.54 Å². The lowest BCUT2D eigenvalue weighted by molar-refractivity contribution is 0.000985. The van der Waals surface area contributed by atoms with Gasteiger partial charge in [-0.2, -0.15) is 11.3 Å². The van der Waals surface area contributed by atoms with E-state index in [1.165, 1.54) is 5.56 Å². The van der Waals surface area contributed by atoms with E-state index in [4.69, 9.17) is 4.74 Å². The maximum atomic E-state index is 5.72. The molecule has 0 aromatic carbocycles. The van der Waals surface area contributed by atoms with Gasteiger partial charge in [0.05, 0.1) is 31.1 Å². The van der Waals surface area contributed by atoms with E-state index in [0.29, 0.717) is 6.61 Å². The highest BCUT2D eigenvalue weighted by molar-refractivity contribution is 7.07. The molecule has 0 spiro atoms.